The largest absolute Gasteiger partial charge is 0.465 e. The number of hydrogen-bond donors (Lipinski definition) is 0. The van der Waals surface area contributed by atoms with Gasteiger partial charge < -0.3 is 9.30 Å². The number of ether oxygens (including phenoxy) is 1. The molecule has 0 aliphatic carbocycles. The molecule has 35 heavy (non-hydrogen) atoms. The number of hydrogen-bond acceptors (Lipinski definition) is 6. The van der Waals surface area contributed by atoms with Crippen LogP contribution in [0.15, 0.2) is 52.4 Å². The summed E-state index contributed by atoms with van der Waals surface area (Å²) in [6.07, 6.45) is 1.43. The smallest absolute Gasteiger partial charge is 0.326 e. The highest BCUT2D eigenvalue weighted by atomic mass is 32.2. The highest BCUT2D eigenvalue weighted by molar-refractivity contribution is 7.89. The lowest BCUT2D eigenvalue weighted by Gasteiger charge is -2.21. The quantitative estimate of drug-likeness (QED) is 0.377. The SMILES string of the molecule is CCCN(CCC)S(=O)(=O)c1ccc(C(=O)N=c2sc3cc(C)ccc3n2CC(=O)OCC)cc1. The Balaban J connectivity index is 1.96. The van der Waals surface area contributed by atoms with Crippen LogP contribution in [0.5, 0.6) is 0 Å². The van der Waals surface area contributed by atoms with Gasteiger partial charge in [-0.2, -0.15) is 9.30 Å². The molecule has 1 amide bonds. The predicted octanol–water partition coefficient (Wildman–Crippen LogP) is 4.13. The number of fused-ring (bicyclic) bond motifs is 1. The maximum Gasteiger partial charge on any atom is 0.326 e. The van der Waals surface area contributed by atoms with Crippen LogP contribution in [0.25, 0.3) is 10.2 Å². The van der Waals surface area contributed by atoms with Crippen molar-refractivity contribution in [1.82, 2.24) is 8.87 Å². The third-order valence-electron chi connectivity index (χ3n) is 5.31. The van der Waals surface area contributed by atoms with Crippen molar-refractivity contribution in [3.63, 3.8) is 0 Å². The van der Waals surface area contributed by atoms with Crippen molar-refractivity contribution < 1.29 is 22.7 Å². The van der Waals surface area contributed by atoms with Crippen LogP contribution in [-0.2, 0) is 26.1 Å². The Hall–Kier alpha value is -2.82. The summed E-state index contributed by atoms with van der Waals surface area (Å²) in [6, 6.07) is 11.6. The van der Waals surface area contributed by atoms with Gasteiger partial charge in [-0.1, -0.05) is 31.3 Å². The maximum absolute atomic E-state index is 13.0. The number of benzene rings is 2. The molecule has 0 radical (unpaired) electrons. The van der Waals surface area contributed by atoms with Crippen molar-refractivity contribution in [2.24, 2.45) is 4.99 Å². The molecule has 2 aromatic carbocycles. The number of rotatable bonds is 10. The minimum atomic E-state index is -3.64. The van der Waals surface area contributed by atoms with E-state index in [1.54, 1.807) is 11.5 Å². The minimum absolute atomic E-state index is 0.0646. The first-order chi connectivity index (χ1) is 16.7. The zero-order valence-corrected chi connectivity index (χ0v) is 22.1. The first-order valence-corrected chi connectivity index (χ1v) is 13.9. The molecule has 0 saturated carbocycles. The lowest BCUT2D eigenvalue weighted by atomic mass is 10.2. The fourth-order valence-electron chi connectivity index (χ4n) is 3.68. The van der Waals surface area contributed by atoms with Crippen molar-refractivity contribution in [1.29, 1.82) is 0 Å². The van der Waals surface area contributed by atoms with E-state index in [2.05, 4.69) is 4.99 Å². The highest BCUT2D eigenvalue weighted by Crippen LogP contribution is 2.20. The van der Waals surface area contributed by atoms with Crippen LogP contribution < -0.4 is 4.80 Å². The van der Waals surface area contributed by atoms with Gasteiger partial charge in [0.1, 0.15) is 6.54 Å². The Morgan fingerprint density at radius 3 is 2.29 bits per heavy atom. The second-order valence-electron chi connectivity index (χ2n) is 8.09. The third-order valence-corrected chi connectivity index (χ3v) is 8.27. The van der Waals surface area contributed by atoms with Crippen LogP contribution in [0.3, 0.4) is 0 Å². The molecule has 0 fully saturated rings. The van der Waals surface area contributed by atoms with Gasteiger partial charge >= 0.3 is 5.97 Å². The Labute approximate surface area is 209 Å². The van der Waals surface area contributed by atoms with Crippen LogP contribution in [0.2, 0.25) is 0 Å². The van der Waals surface area contributed by atoms with E-state index in [1.807, 2.05) is 39.0 Å². The molecule has 3 aromatic rings. The number of aryl methyl sites for hydroxylation is 1. The zero-order chi connectivity index (χ0) is 25.6. The van der Waals surface area contributed by atoms with Gasteiger partial charge in [0.15, 0.2) is 4.80 Å². The summed E-state index contributed by atoms with van der Waals surface area (Å²) in [5, 5.41) is 0. The first-order valence-electron chi connectivity index (χ1n) is 11.7. The lowest BCUT2D eigenvalue weighted by Crippen LogP contribution is -2.32. The van der Waals surface area contributed by atoms with E-state index in [4.69, 9.17) is 4.74 Å². The molecule has 188 valence electrons. The van der Waals surface area contributed by atoms with Crippen molar-refractivity contribution >= 4 is 43.5 Å². The van der Waals surface area contributed by atoms with Gasteiger partial charge in [0.2, 0.25) is 10.0 Å². The van der Waals surface area contributed by atoms with E-state index in [-0.39, 0.29) is 23.6 Å². The molecule has 0 aliphatic rings. The second-order valence-corrected chi connectivity index (χ2v) is 11.0. The van der Waals surface area contributed by atoms with Gasteiger partial charge in [0.25, 0.3) is 5.91 Å². The second kappa shape index (κ2) is 11.7. The van der Waals surface area contributed by atoms with Crippen LogP contribution >= 0.6 is 11.3 Å². The Morgan fingerprint density at radius 1 is 1.03 bits per heavy atom. The van der Waals surface area contributed by atoms with Crippen LogP contribution in [-0.4, -0.2) is 48.9 Å². The van der Waals surface area contributed by atoms with Crippen molar-refractivity contribution in [3.8, 4) is 0 Å². The molecule has 1 aromatic heterocycles. The molecule has 0 saturated heterocycles. The van der Waals surface area contributed by atoms with Gasteiger partial charge in [-0.05, 0) is 68.7 Å². The number of nitrogens with zero attached hydrogens (tertiary/aromatic N) is 3. The number of thiazole rings is 1. The number of esters is 1. The van der Waals surface area contributed by atoms with Gasteiger partial charge in [0, 0.05) is 18.7 Å². The van der Waals surface area contributed by atoms with E-state index in [9.17, 15) is 18.0 Å². The third kappa shape index (κ3) is 6.25. The number of amides is 1. The Morgan fingerprint density at radius 2 is 1.69 bits per heavy atom. The molecule has 0 aliphatic heterocycles. The lowest BCUT2D eigenvalue weighted by molar-refractivity contribution is -0.143. The summed E-state index contributed by atoms with van der Waals surface area (Å²) >= 11 is 1.31. The van der Waals surface area contributed by atoms with Crippen LogP contribution in [0.1, 0.15) is 49.5 Å². The molecule has 0 unspecified atom stereocenters. The van der Waals surface area contributed by atoms with Gasteiger partial charge in [0.05, 0.1) is 21.7 Å². The van der Waals surface area contributed by atoms with Gasteiger partial charge in [-0.25, -0.2) is 8.42 Å². The van der Waals surface area contributed by atoms with Crippen molar-refractivity contribution in [2.45, 2.75) is 52.0 Å². The summed E-state index contributed by atoms with van der Waals surface area (Å²) < 4.78 is 35.1. The monoisotopic (exact) mass is 517 g/mol. The molecule has 0 atom stereocenters. The summed E-state index contributed by atoms with van der Waals surface area (Å²) in [7, 11) is -3.64. The molecule has 8 nitrogen and oxygen atoms in total. The molecular formula is C25H31N3O5S2. The fourth-order valence-corrected chi connectivity index (χ4v) is 6.43. The molecule has 3 rings (SSSR count). The van der Waals surface area contributed by atoms with Gasteiger partial charge in [-0.3, -0.25) is 9.59 Å². The number of aromatic nitrogens is 1. The summed E-state index contributed by atoms with van der Waals surface area (Å²) in [5.74, 6) is -0.936. The van der Waals surface area contributed by atoms with E-state index in [1.165, 1.54) is 39.9 Å². The van der Waals surface area contributed by atoms with Crippen LogP contribution in [0.4, 0.5) is 0 Å². The van der Waals surface area contributed by atoms with Crippen molar-refractivity contribution in [2.75, 3.05) is 19.7 Å². The number of carbonyl (C=O) groups excluding carboxylic acids is 2. The molecule has 1 heterocycles. The Kier molecular flexibility index (Phi) is 8.98. The van der Waals surface area contributed by atoms with Crippen LogP contribution in [0, 0.1) is 6.92 Å². The van der Waals surface area contributed by atoms with E-state index >= 15 is 0 Å². The molecular weight excluding hydrogens is 486 g/mol. The maximum atomic E-state index is 13.0. The molecule has 0 spiro atoms. The minimum Gasteiger partial charge on any atom is -0.465 e. The van der Waals surface area contributed by atoms with Gasteiger partial charge in [-0.15, -0.1) is 0 Å². The summed E-state index contributed by atoms with van der Waals surface area (Å²) in [4.78, 5) is 29.9. The molecule has 10 heteroatoms. The van der Waals surface area contributed by atoms with Crippen molar-refractivity contribution in [3.05, 3.63) is 58.4 Å². The summed E-state index contributed by atoms with van der Waals surface area (Å²) in [6.45, 7) is 8.65. The average molecular weight is 518 g/mol. The first kappa shape index (κ1) is 26.8. The zero-order valence-electron chi connectivity index (χ0n) is 20.5. The molecule has 0 N–H and O–H groups in total. The number of sulfonamides is 1. The average Bonchev–Trinajstić information content (AvgIpc) is 3.14. The highest BCUT2D eigenvalue weighted by Gasteiger charge is 2.23. The van der Waals surface area contributed by atoms with E-state index < -0.39 is 21.9 Å². The Bertz CT molecular complexity index is 1370. The summed E-state index contributed by atoms with van der Waals surface area (Å²) in [5.41, 5.74) is 2.10. The normalized spacial score (nSPS) is 12.4. The predicted molar refractivity (Wildman–Crippen MR) is 137 cm³/mol. The van der Waals surface area contributed by atoms with E-state index in [0.717, 1.165) is 28.6 Å². The van der Waals surface area contributed by atoms with E-state index in [0.29, 0.717) is 17.9 Å². The number of carbonyl (C=O) groups is 2. The molecule has 0 bridgehead atoms. The fraction of sp³-hybridized carbons (Fsp3) is 0.400. The standard InChI is InChI=1S/C25H31N3O5S2/c1-5-14-27(15-6-2)35(31,32)20-11-9-19(10-12-20)24(30)26-25-28(17-23(29)33-7-3)21-13-8-18(4)16-22(21)34-25/h8-13,16H,5-7,14-15,17H2,1-4H3. The topological polar surface area (TPSA) is 98.0 Å².